The lowest BCUT2D eigenvalue weighted by Gasteiger charge is -2.23. The molecule has 1 aliphatic rings. The molecule has 0 bridgehead atoms. The Bertz CT molecular complexity index is 113. The van der Waals surface area contributed by atoms with Crippen LogP contribution in [0.3, 0.4) is 0 Å². The first-order chi connectivity index (χ1) is 6.43. The topological polar surface area (TPSA) is 30.5 Å². The smallest absolute Gasteiger partial charge is 0.0700 e. The van der Waals surface area contributed by atoms with Gasteiger partial charge in [-0.05, 0) is 25.8 Å². The van der Waals surface area contributed by atoms with Crippen molar-refractivity contribution in [2.75, 3.05) is 33.5 Å². The van der Waals surface area contributed by atoms with Gasteiger partial charge >= 0.3 is 0 Å². The molecule has 0 aromatic carbocycles. The predicted octanol–water partition coefficient (Wildman–Crippen LogP) is 1.18. The molecule has 3 heteroatoms. The molecule has 3 nitrogen and oxygen atoms in total. The molecule has 78 valence electrons. The highest BCUT2D eigenvalue weighted by atomic mass is 16.5. The summed E-state index contributed by atoms with van der Waals surface area (Å²) in [7, 11) is 1.70. The Morgan fingerprint density at radius 1 is 1.23 bits per heavy atom. The molecule has 0 saturated carbocycles. The van der Waals surface area contributed by atoms with Crippen LogP contribution >= 0.6 is 0 Å². The van der Waals surface area contributed by atoms with E-state index in [-0.39, 0.29) is 0 Å². The summed E-state index contributed by atoms with van der Waals surface area (Å²) in [6, 6.07) is 0.691. The predicted molar refractivity (Wildman–Crippen MR) is 53.0 cm³/mol. The summed E-state index contributed by atoms with van der Waals surface area (Å²) in [4.78, 5) is 0. The Hall–Kier alpha value is -0.120. The molecular formula is C10H21NO2. The Kier molecular flexibility index (Phi) is 6.15. The van der Waals surface area contributed by atoms with Gasteiger partial charge in [-0.1, -0.05) is 6.42 Å². The van der Waals surface area contributed by atoms with Crippen LogP contribution in [0, 0.1) is 0 Å². The number of nitrogens with one attached hydrogen (secondary N) is 1. The van der Waals surface area contributed by atoms with Gasteiger partial charge in [0.1, 0.15) is 0 Å². The number of rotatable bonds is 6. The molecule has 0 spiro atoms. The molecule has 1 heterocycles. The van der Waals surface area contributed by atoms with Crippen molar-refractivity contribution in [1.82, 2.24) is 5.32 Å². The van der Waals surface area contributed by atoms with E-state index in [9.17, 15) is 0 Å². The number of hydrogen-bond donors (Lipinski definition) is 1. The minimum absolute atomic E-state index is 0.691. The minimum atomic E-state index is 0.691. The standard InChI is InChI=1S/C10H21NO2/c1-12-8-9-13-7-5-10-4-2-3-6-11-10/h10-11H,2-9H2,1H3/t10-/m0/s1. The van der Waals surface area contributed by atoms with Crippen molar-refractivity contribution in [3.8, 4) is 0 Å². The normalized spacial score (nSPS) is 23.3. The van der Waals surface area contributed by atoms with Crippen LogP contribution < -0.4 is 5.32 Å². The van der Waals surface area contributed by atoms with Gasteiger partial charge < -0.3 is 14.8 Å². The van der Waals surface area contributed by atoms with Crippen molar-refractivity contribution in [3.05, 3.63) is 0 Å². The van der Waals surface area contributed by atoms with E-state index in [4.69, 9.17) is 9.47 Å². The summed E-state index contributed by atoms with van der Waals surface area (Å²) < 4.78 is 10.3. The quantitative estimate of drug-likeness (QED) is 0.633. The largest absolute Gasteiger partial charge is 0.382 e. The minimum Gasteiger partial charge on any atom is -0.382 e. The molecule has 0 aromatic rings. The monoisotopic (exact) mass is 187 g/mol. The average molecular weight is 187 g/mol. The van der Waals surface area contributed by atoms with E-state index < -0.39 is 0 Å². The zero-order valence-corrected chi connectivity index (χ0v) is 8.55. The molecule has 0 unspecified atom stereocenters. The van der Waals surface area contributed by atoms with Crippen LogP contribution in [0.5, 0.6) is 0 Å². The van der Waals surface area contributed by atoms with Gasteiger partial charge in [0.25, 0.3) is 0 Å². The third-order valence-corrected chi connectivity index (χ3v) is 2.45. The fourth-order valence-electron chi connectivity index (χ4n) is 1.64. The molecule has 0 aromatic heterocycles. The van der Waals surface area contributed by atoms with E-state index in [0.29, 0.717) is 12.6 Å². The number of piperidine rings is 1. The summed E-state index contributed by atoms with van der Waals surface area (Å²) in [5.74, 6) is 0. The summed E-state index contributed by atoms with van der Waals surface area (Å²) in [6.45, 7) is 3.48. The second-order valence-corrected chi connectivity index (χ2v) is 3.54. The molecule has 1 fully saturated rings. The van der Waals surface area contributed by atoms with Crippen LogP contribution in [0.15, 0.2) is 0 Å². The van der Waals surface area contributed by atoms with Crippen LogP contribution in [0.25, 0.3) is 0 Å². The zero-order valence-electron chi connectivity index (χ0n) is 8.55. The van der Waals surface area contributed by atoms with E-state index >= 15 is 0 Å². The molecule has 1 aliphatic heterocycles. The molecule has 1 atom stereocenters. The third kappa shape index (κ3) is 5.24. The van der Waals surface area contributed by atoms with Gasteiger partial charge in [-0.2, -0.15) is 0 Å². The highest BCUT2D eigenvalue weighted by Gasteiger charge is 2.11. The van der Waals surface area contributed by atoms with Crippen molar-refractivity contribution in [2.24, 2.45) is 0 Å². The maximum absolute atomic E-state index is 5.41. The highest BCUT2D eigenvalue weighted by Crippen LogP contribution is 2.09. The molecule has 0 aliphatic carbocycles. The lowest BCUT2D eigenvalue weighted by Crippen LogP contribution is -2.34. The molecule has 1 N–H and O–H groups in total. The van der Waals surface area contributed by atoms with Crippen molar-refractivity contribution in [2.45, 2.75) is 31.7 Å². The number of hydrogen-bond acceptors (Lipinski definition) is 3. The summed E-state index contributed by atoms with van der Waals surface area (Å²) >= 11 is 0. The first kappa shape index (κ1) is 11.0. The van der Waals surface area contributed by atoms with Gasteiger partial charge in [-0.3, -0.25) is 0 Å². The average Bonchev–Trinajstić information content (AvgIpc) is 2.19. The first-order valence-corrected chi connectivity index (χ1v) is 5.23. The third-order valence-electron chi connectivity index (χ3n) is 2.45. The lowest BCUT2D eigenvalue weighted by molar-refractivity contribution is 0.0646. The van der Waals surface area contributed by atoms with Gasteiger partial charge in [0, 0.05) is 19.8 Å². The summed E-state index contributed by atoms with van der Waals surface area (Å²) in [5, 5.41) is 3.50. The van der Waals surface area contributed by atoms with Crippen LogP contribution in [0.1, 0.15) is 25.7 Å². The lowest BCUT2D eigenvalue weighted by atomic mass is 10.0. The fraction of sp³-hybridized carbons (Fsp3) is 1.00. The van der Waals surface area contributed by atoms with Gasteiger partial charge in [0.05, 0.1) is 13.2 Å². The van der Waals surface area contributed by atoms with Crippen molar-refractivity contribution in [3.63, 3.8) is 0 Å². The highest BCUT2D eigenvalue weighted by molar-refractivity contribution is 4.71. The first-order valence-electron chi connectivity index (χ1n) is 5.23. The second kappa shape index (κ2) is 7.30. The van der Waals surface area contributed by atoms with Crippen LogP contribution in [-0.4, -0.2) is 39.5 Å². The van der Waals surface area contributed by atoms with E-state index in [1.807, 2.05) is 0 Å². The van der Waals surface area contributed by atoms with E-state index in [1.54, 1.807) is 7.11 Å². The fourth-order valence-corrected chi connectivity index (χ4v) is 1.64. The van der Waals surface area contributed by atoms with Gasteiger partial charge in [0.2, 0.25) is 0 Å². The second-order valence-electron chi connectivity index (χ2n) is 3.54. The van der Waals surface area contributed by atoms with Crippen molar-refractivity contribution >= 4 is 0 Å². The molecule has 13 heavy (non-hydrogen) atoms. The Morgan fingerprint density at radius 2 is 2.15 bits per heavy atom. The van der Waals surface area contributed by atoms with Gasteiger partial charge in [-0.25, -0.2) is 0 Å². The molecular weight excluding hydrogens is 166 g/mol. The van der Waals surface area contributed by atoms with E-state index in [2.05, 4.69) is 5.32 Å². The zero-order chi connectivity index (χ0) is 9.36. The van der Waals surface area contributed by atoms with Crippen molar-refractivity contribution in [1.29, 1.82) is 0 Å². The Balaban J connectivity index is 1.86. The SMILES string of the molecule is COCCOCC[C@@H]1CCCCN1. The summed E-state index contributed by atoms with van der Waals surface area (Å²) in [6.07, 6.45) is 5.16. The number of methoxy groups -OCH3 is 1. The summed E-state index contributed by atoms with van der Waals surface area (Å²) in [5.41, 5.74) is 0. The molecule has 0 radical (unpaired) electrons. The van der Waals surface area contributed by atoms with E-state index in [1.165, 1.54) is 25.8 Å². The van der Waals surface area contributed by atoms with Crippen LogP contribution in [0.4, 0.5) is 0 Å². The van der Waals surface area contributed by atoms with Crippen LogP contribution in [0.2, 0.25) is 0 Å². The van der Waals surface area contributed by atoms with Gasteiger partial charge in [0.15, 0.2) is 0 Å². The van der Waals surface area contributed by atoms with Gasteiger partial charge in [-0.15, -0.1) is 0 Å². The van der Waals surface area contributed by atoms with Crippen molar-refractivity contribution < 1.29 is 9.47 Å². The Labute approximate surface area is 80.8 Å². The molecule has 1 saturated heterocycles. The molecule has 1 rings (SSSR count). The maximum atomic E-state index is 5.41. The molecule has 0 amide bonds. The van der Waals surface area contributed by atoms with E-state index in [0.717, 1.165) is 19.6 Å². The number of ether oxygens (including phenoxy) is 2. The Morgan fingerprint density at radius 3 is 2.85 bits per heavy atom. The van der Waals surface area contributed by atoms with Crippen LogP contribution in [-0.2, 0) is 9.47 Å². The maximum Gasteiger partial charge on any atom is 0.0700 e.